The molecule has 0 amide bonds. The maximum Gasteiger partial charge on any atom is 0.231 e. The Morgan fingerprint density at radius 1 is 0.933 bits per heavy atom. The molecule has 154 valence electrons. The van der Waals surface area contributed by atoms with Crippen molar-refractivity contribution in [3.8, 4) is 11.5 Å². The number of benzene rings is 2. The standard InChI is InChI=1S/C24H26N4O2/c1-3-28(4-2)11-5-9-25-24-19-7-6-17-20-13-22-21(29-15-30-22)12-16(20)14-27-23(17)18(19)8-10-26-24/h6-8,10,12-14H,3-5,9,11,15H2,1-2H3,(H,25,26). The molecular weight excluding hydrogens is 376 g/mol. The summed E-state index contributed by atoms with van der Waals surface area (Å²) < 4.78 is 11.1. The summed E-state index contributed by atoms with van der Waals surface area (Å²) in [7, 11) is 0. The predicted molar refractivity (Wildman–Crippen MR) is 122 cm³/mol. The summed E-state index contributed by atoms with van der Waals surface area (Å²) in [5.74, 6) is 2.49. The van der Waals surface area contributed by atoms with Crippen LogP contribution in [0.2, 0.25) is 0 Å². The van der Waals surface area contributed by atoms with Crippen molar-refractivity contribution in [3.05, 3.63) is 42.7 Å². The normalized spacial score (nSPS) is 13.0. The van der Waals surface area contributed by atoms with Gasteiger partial charge in [0.25, 0.3) is 0 Å². The molecule has 0 atom stereocenters. The zero-order valence-electron chi connectivity index (χ0n) is 17.4. The van der Waals surface area contributed by atoms with E-state index in [4.69, 9.17) is 14.5 Å². The van der Waals surface area contributed by atoms with Crippen molar-refractivity contribution in [1.29, 1.82) is 0 Å². The molecular formula is C24H26N4O2. The monoisotopic (exact) mass is 402 g/mol. The SMILES string of the molecule is CCN(CC)CCCNc1nccc2c1ccc1c3cc4c(cc3cnc21)OCO4. The van der Waals surface area contributed by atoms with Gasteiger partial charge in [0.15, 0.2) is 11.5 Å². The quantitative estimate of drug-likeness (QED) is 0.354. The Hall–Kier alpha value is -3.12. The van der Waals surface area contributed by atoms with Crippen molar-refractivity contribution in [2.24, 2.45) is 0 Å². The van der Waals surface area contributed by atoms with E-state index in [2.05, 4.69) is 47.2 Å². The van der Waals surface area contributed by atoms with E-state index in [0.29, 0.717) is 0 Å². The third-order valence-electron chi connectivity index (χ3n) is 5.92. The summed E-state index contributed by atoms with van der Waals surface area (Å²) in [4.78, 5) is 11.8. The fourth-order valence-corrected chi connectivity index (χ4v) is 4.22. The number of ether oxygens (including phenoxy) is 2. The average molecular weight is 402 g/mol. The maximum atomic E-state index is 5.58. The average Bonchev–Trinajstić information content (AvgIpc) is 3.24. The van der Waals surface area contributed by atoms with Crippen LogP contribution in [0, 0.1) is 0 Å². The lowest BCUT2D eigenvalue weighted by Crippen LogP contribution is -2.25. The lowest BCUT2D eigenvalue weighted by atomic mass is 10.0. The van der Waals surface area contributed by atoms with Crippen LogP contribution in [-0.2, 0) is 0 Å². The molecule has 30 heavy (non-hydrogen) atoms. The van der Waals surface area contributed by atoms with Gasteiger partial charge < -0.3 is 19.7 Å². The molecule has 3 heterocycles. The van der Waals surface area contributed by atoms with Gasteiger partial charge in [0, 0.05) is 40.5 Å². The van der Waals surface area contributed by atoms with Gasteiger partial charge in [-0.05, 0) is 55.7 Å². The minimum Gasteiger partial charge on any atom is -0.454 e. The number of hydrogen-bond acceptors (Lipinski definition) is 6. The van der Waals surface area contributed by atoms with Crippen LogP contribution in [0.3, 0.4) is 0 Å². The van der Waals surface area contributed by atoms with E-state index in [0.717, 1.165) is 82.4 Å². The first-order valence-corrected chi connectivity index (χ1v) is 10.6. The second-order valence-electron chi connectivity index (χ2n) is 7.57. The highest BCUT2D eigenvalue weighted by atomic mass is 16.7. The summed E-state index contributed by atoms with van der Waals surface area (Å²) in [5.41, 5.74) is 0.979. The molecule has 0 fully saturated rings. The second-order valence-corrected chi connectivity index (χ2v) is 7.57. The Morgan fingerprint density at radius 2 is 1.70 bits per heavy atom. The van der Waals surface area contributed by atoms with E-state index < -0.39 is 0 Å². The number of anilines is 1. The largest absolute Gasteiger partial charge is 0.454 e. The van der Waals surface area contributed by atoms with E-state index in [1.165, 1.54) is 0 Å². The zero-order valence-corrected chi connectivity index (χ0v) is 17.4. The van der Waals surface area contributed by atoms with Crippen LogP contribution in [0.1, 0.15) is 20.3 Å². The lowest BCUT2D eigenvalue weighted by molar-refractivity contribution is 0.174. The summed E-state index contributed by atoms with van der Waals surface area (Å²) in [5, 5.41) is 9.01. The first-order valence-electron chi connectivity index (χ1n) is 10.6. The first-order chi connectivity index (χ1) is 14.8. The Balaban J connectivity index is 1.49. The zero-order chi connectivity index (χ0) is 20.5. The van der Waals surface area contributed by atoms with Gasteiger partial charge in [0.1, 0.15) is 5.82 Å². The van der Waals surface area contributed by atoms with Gasteiger partial charge in [-0.3, -0.25) is 4.98 Å². The van der Waals surface area contributed by atoms with Crippen LogP contribution in [0.4, 0.5) is 5.82 Å². The van der Waals surface area contributed by atoms with Gasteiger partial charge in [-0.2, -0.15) is 0 Å². The molecule has 5 rings (SSSR count). The number of hydrogen-bond donors (Lipinski definition) is 1. The van der Waals surface area contributed by atoms with E-state index in [1.54, 1.807) is 0 Å². The Labute approximate surface area is 175 Å². The molecule has 1 aliphatic heterocycles. The highest BCUT2D eigenvalue weighted by molar-refractivity contribution is 6.17. The lowest BCUT2D eigenvalue weighted by Gasteiger charge is -2.18. The molecule has 0 spiro atoms. The summed E-state index contributed by atoms with van der Waals surface area (Å²) in [6.45, 7) is 8.86. The Morgan fingerprint density at radius 3 is 2.53 bits per heavy atom. The highest BCUT2D eigenvalue weighted by Gasteiger charge is 2.16. The van der Waals surface area contributed by atoms with E-state index in [1.807, 2.05) is 24.5 Å². The van der Waals surface area contributed by atoms with Crippen molar-refractivity contribution >= 4 is 38.3 Å². The molecule has 0 aliphatic carbocycles. The molecule has 2 aromatic carbocycles. The molecule has 0 saturated carbocycles. The van der Waals surface area contributed by atoms with Crippen LogP contribution in [0.25, 0.3) is 32.4 Å². The molecule has 6 heteroatoms. The van der Waals surface area contributed by atoms with Crippen LogP contribution >= 0.6 is 0 Å². The number of nitrogens with one attached hydrogen (secondary N) is 1. The number of pyridine rings is 2. The smallest absolute Gasteiger partial charge is 0.231 e. The van der Waals surface area contributed by atoms with Crippen LogP contribution < -0.4 is 14.8 Å². The van der Waals surface area contributed by atoms with Gasteiger partial charge in [-0.15, -0.1) is 0 Å². The van der Waals surface area contributed by atoms with Crippen molar-refractivity contribution in [3.63, 3.8) is 0 Å². The van der Waals surface area contributed by atoms with E-state index >= 15 is 0 Å². The number of fused-ring (bicyclic) bond motifs is 6. The van der Waals surface area contributed by atoms with Crippen LogP contribution in [-0.4, -0.2) is 47.8 Å². The number of rotatable bonds is 7. The minimum absolute atomic E-state index is 0.273. The van der Waals surface area contributed by atoms with Gasteiger partial charge >= 0.3 is 0 Å². The highest BCUT2D eigenvalue weighted by Crippen LogP contribution is 2.39. The molecule has 0 unspecified atom stereocenters. The maximum absolute atomic E-state index is 5.58. The van der Waals surface area contributed by atoms with Gasteiger partial charge in [-0.25, -0.2) is 4.98 Å². The molecule has 0 saturated heterocycles. The summed E-state index contributed by atoms with van der Waals surface area (Å²) in [6.07, 6.45) is 4.86. The molecule has 1 N–H and O–H groups in total. The van der Waals surface area contributed by atoms with Gasteiger partial charge in [0.2, 0.25) is 6.79 Å². The second kappa shape index (κ2) is 7.95. The van der Waals surface area contributed by atoms with Crippen molar-refractivity contribution in [1.82, 2.24) is 14.9 Å². The van der Waals surface area contributed by atoms with Crippen LogP contribution in [0.15, 0.2) is 42.7 Å². The van der Waals surface area contributed by atoms with Crippen molar-refractivity contribution in [2.75, 3.05) is 38.3 Å². The van der Waals surface area contributed by atoms with E-state index in [-0.39, 0.29) is 6.79 Å². The van der Waals surface area contributed by atoms with Crippen molar-refractivity contribution < 1.29 is 9.47 Å². The molecule has 0 radical (unpaired) electrons. The molecule has 4 aromatic rings. The predicted octanol–water partition coefficient (Wildman–Crippen LogP) is 4.81. The van der Waals surface area contributed by atoms with Gasteiger partial charge in [-0.1, -0.05) is 19.9 Å². The van der Waals surface area contributed by atoms with Gasteiger partial charge in [0.05, 0.1) is 5.52 Å². The number of nitrogens with zero attached hydrogens (tertiary/aromatic N) is 3. The van der Waals surface area contributed by atoms with E-state index in [9.17, 15) is 0 Å². The third-order valence-corrected chi connectivity index (χ3v) is 5.92. The molecule has 6 nitrogen and oxygen atoms in total. The summed E-state index contributed by atoms with van der Waals surface area (Å²) in [6, 6.07) is 10.4. The molecule has 0 bridgehead atoms. The fraction of sp³-hybridized carbons (Fsp3) is 0.333. The molecule has 2 aromatic heterocycles. The third kappa shape index (κ3) is 3.27. The summed E-state index contributed by atoms with van der Waals surface area (Å²) >= 11 is 0. The minimum atomic E-state index is 0.273. The number of aromatic nitrogens is 2. The topological polar surface area (TPSA) is 59.5 Å². The Kier molecular flexibility index (Phi) is 5.01. The van der Waals surface area contributed by atoms with Crippen LogP contribution in [0.5, 0.6) is 11.5 Å². The first kappa shape index (κ1) is 18.9. The molecule has 1 aliphatic rings. The van der Waals surface area contributed by atoms with Crippen molar-refractivity contribution in [2.45, 2.75) is 20.3 Å². The fourth-order valence-electron chi connectivity index (χ4n) is 4.22. The Bertz CT molecular complexity index is 1220.